The zero-order valence-electron chi connectivity index (χ0n) is 18.5. The molecule has 0 saturated carbocycles. The summed E-state index contributed by atoms with van der Waals surface area (Å²) in [7, 11) is 0. The molecule has 36 heavy (non-hydrogen) atoms. The maximum Gasteiger partial charge on any atom is 0.265 e. The summed E-state index contributed by atoms with van der Waals surface area (Å²) < 4.78 is 14.9. The fourth-order valence-electron chi connectivity index (χ4n) is 3.73. The lowest BCUT2D eigenvalue weighted by atomic mass is 10.2. The zero-order valence-corrected chi connectivity index (χ0v) is 19.3. The first kappa shape index (κ1) is 22.3. The van der Waals surface area contributed by atoms with E-state index < -0.39 is 0 Å². The predicted octanol–water partition coefficient (Wildman–Crippen LogP) is 7.78. The lowest BCUT2D eigenvalue weighted by Crippen LogP contribution is -1.95. The van der Waals surface area contributed by atoms with Gasteiger partial charge in [-0.1, -0.05) is 18.2 Å². The van der Waals surface area contributed by atoms with Gasteiger partial charge in [0.15, 0.2) is 5.76 Å². The highest BCUT2D eigenvalue weighted by molar-refractivity contribution is 7.22. The van der Waals surface area contributed by atoms with Crippen molar-refractivity contribution in [3.05, 3.63) is 112 Å². The van der Waals surface area contributed by atoms with Crippen molar-refractivity contribution in [3.8, 4) is 39.9 Å². The molecule has 0 aliphatic rings. The number of nitriles is 2. The number of allylic oxidation sites excluding steroid dienone is 2. The minimum atomic E-state index is -0.0501. The van der Waals surface area contributed by atoms with Crippen molar-refractivity contribution in [2.45, 2.75) is 0 Å². The van der Waals surface area contributed by atoms with E-state index in [1.54, 1.807) is 23.5 Å². The first-order valence-electron chi connectivity index (χ1n) is 10.5. The van der Waals surface area contributed by atoms with Crippen LogP contribution in [0.5, 0.6) is 0 Å². The highest BCUT2D eigenvalue weighted by Gasteiger charge is 2.19. The van der Waals surface area contributed by atoms with Gasteiger partial charge in [-0.15, -0.1) is 11.3 Å². The Hall–Kier alpha value is -5.54. The summed E-state index contributed by atoms with van der Waals surface area (Å²) in [6.45, 7) is 14.1. The molecule has 5 rings (SSSR count). The van der Waals surface area contributed by atoms with Crippen LogP contribution in [0, 0.1) is 35.8 Å². The second-order valence-electron chi connectivity index (χ2n) is 7.47. The van der Waals surface area contributed by atoms with Crippen LogP contribution < -0.4 is 0 Å². The number of thiophene rings is 1. The van der Waals surface area contributed by atoms with Crippen molar-refractivity contribution in [2.75, 3.05) is 0 Å². The van der Waals surface area contributed by atoms with E-state index in [1.165, 1.54) is 12.2 Å². The SMILES string of the molecule is [C-]#[N+]/C(C#N)=C\c1ccc(-c2cc3sc(-c4ccc(/C=C(\C#N)[N+]#[C-])o4)cc3n2-c2ccccc2)o1. The lowest BCUT2D eigenvalue weighted by Gasteiger charge is -2.08. The van der Waals surface area contributed by atoms with Crippen LogP contribution in [0.4, 0.5) is 0 Å². The molecular weight excluding hydrogens is 470 g/mol. The molecule has 0 spiro atoms. The molecule has 1 aromatic carbocycles. The molecule has 4 heterocycles. The van der Waals surface area contributed by atoms with Crippen molar-refractivity contribution in [3.63, 3.8) is 0 Å². The summed E-state index contributed by atoms with van der Waals surface area (Å²) in [4.78, 5) is 7.25. The Morgan fingerprint density at radius 3 is 2.06 bits per heavy atom. The lowest BCUT2D eigenvalue weighted by molar-refractivity contribution is 0.568. The number of rotatable bonds is 5. The van der Waals surface area contributed by atoms with Gasteiger partial charge in [0.25, 0.3) is 11.4 Å². The minimum Gasteiger partial charge on any atom is -0.457 e. The second kappa shape index (κ2) is 9.37. The van der Waals surface area contributed by atoms with E-state index in [2.05, 4.69) is 14.3 Å². The monoisotopic (exact) mass is 483 g/mol. The third-order valence-electron chi connectivity index (χ3n) is 5.28. The van der Waals surface area contributed by atoms with E-state index in [4.69, 9.17) is 32.5 Å². The van der Waals surface area contributed by atoms with Gasteiger partial charge in [-0.2, -0.15) is 0 Å². The molecule has 7 nitrogen and oxygen atoms in total. The van der Waals surface area contributed by atoms with Gasteiger partial charge in [0.1, 0.15) is 17.3 Å². The number of nitrogens with zero attached hydrogens (tertiary/aromatic N) is 5. The Labute approximate surface area is 209 Å². The number of benzene rings is 1. The van der Waals surface area contributed by atoms with Gasteiger partial charge in [0, 0.05) is 5.69 Å². The topological polar surface area (TPSA) is 87.5 Å². The number of hydrogen-bond donors (Lipinski definition) is 0. The molecule has 0 aliphatic carbocycles. The Kier molecular flexibility index (Phi) is 5.80. The molecule has 0 bridgehead atoms. The molecule has 4 aromatic heterocycles. The van der Waals surface area contributed by atoms with Crippen molar-refractivity contribution in [1.82, 2.24) is 4.57 Å². The maximum atomic E-state index is 9.05. The molecule has 0 saturated heterocycles. The average molecular weight is 484 g/mol. The fraction of sp³-hybridized carbons (Fsp3) is 0. The Morgan fingerprint density at radius 2 is 1.44 bits per heavy atom. The van der Waals surface area contributed by atoms with Gasteiger partial charge in [-0.05, 0) is 60.7 Å². The molecule has 0 fully saturated rings. The van der Waals surface area contributed by atoms with Gasteiger partial charge in [-0.25, -0.2) is 20.2 Å². The summed E-state index contributed by atoms with van der Waals surface area (Å²) in [6.07, 6.45) is 2.84. The Bertz CT molecular complexity index is 1800. The molecule has 0 atom stereocenters. The fourth-order valence-corrected chi connectivity index (χ4v) is 4.77. The number of aromatic nitrogens is 1. The molecule has 0 radical (unpaired) electrons. The number of para-hydroxylation sites is 1. The standard InChI is InChI=1S/C28H13N5O2S/c1-31-18(16-29)12-21-8-10-25(34-21)23-14-27-24(33(23)20-6-4-3-5-7-20)15-28(36-27)26-11-9-22(35-26)13-19(17-30)32-2/h3-15H/b18-12-,19-13+. The largest absolute Gasteiger partial charge is 0.457 e. The molecular formula is C28H13N5O2S. The molecule has 8 heteroatoms. The van der Waals surface area contributed by atoms with E-state index in [1.807, 2.05) is 66.7 Å². The predicted molar refractivity (Wildman–Crippen MR) is 137 cm³/mol. The van der Waals surface area contributed by atoms with Crippen LogP contribution in [-0.2, 0) is 0 Å². The molecule has 0 aliphatic heterocycles. The highest BCUT2D eigenvalue weighted by atomic mass is 32.1. The summed E-state index contributed by atoms with van der Waals surface area (Å²) in [5.41, 5.74) is 2.63. The van der Waals surface area contributed by atoms with E-state index in [9.17, 15) is 0 Å². The quantitative estimate of drug-likeness (QED) is 0.189. The molecule has 0 N–H and O–H groups in total. The van der Waals surface area contributed by atoms with Crippen LogP contribution in [0.15, 0.2) is 87.0 Å². The van der Waals surface area contributed by atoms with Crippen molar-refractivity contribution in [2.24, 2.45) is 0 Å². The normalized spacial score (nSPS) is 11.6. The van der Waals surface area contributed by atoms with E-state index in [0.717, 1.165) is 26.5 Å². The van der Waals surface area contributed by atoms with Gasteiger partial charge >= 0.3 is 0 Å². The van der Waals surface area contributed by atoms with Crippen LogP contribution in [0.2, 0.25) is 0 Å². The van der Waals surface area contributed by atoms with Gasteiger partial charge < -0.3 is 13.4 Å². The highest BCUT2D eigenvalue weighted by Crippen LogP contribution is 2.41. The summed E-state index contributed by atoms with van der Waals surface area (Å²) in [5, 5.41) is 18.0. The minimum absolute atomic E-state index is 0.0432. The Balaban J connectivity index is 1.61. The third kappa shape index (κ3) is 4.09. The smallest absolute Gasteiger partial charge is 0.265 e. The zero-order chi connectivity index (χ0) is 25.1. The third-order valence-corrected chi connectivity index (χ3v) is 6.37. The van der Waals surface area contributed by atoms with Crippen molar-refractivity contribution in [1.29, 1.82) is 10.5 Å². The van der Waals surface area contributed by atoms with Crippen LogP contribution in [0.3, 0.4) is 0 Å². The van der Waals surface area contributed by atoms with Crippen LogP contribution in [0.25, 0.3) is 59.8 Å². The molecule has 0 unspecified atom stereocenters. The van der Waals surface area contributed by atoms with Crippen LogP contribution >= 0.6 is 11.3 Å². The first-order valence-corrected chi connectivity index (χ1v) is 11.3. The number of furan rings is 2. The second-order valence-corrected chi connectivity index (χ2v) is 8.55. The molecule has 5 aromatic rings. The maximum absolute atomic E-state index is 9.05. The van der Waals surface area contributed by atoms with E-state index >= 15 is 0 Å². The van der Waals surface area contributed by atoms with Crippen molar-refractivity contribution < 1.29 is 8.83 Å². The van der Waals surface area contributed by atoms with Crippen LogP contribution in [-0.4, -0.2) is 4.57 Å². The van der Waals surface area contributed by atoms with Gasteiger partial charge in [0.2, 0.25) is 0 Å². The van der Waals surface area contributed by atoms with Gasteiger partial charge in [0.05, 0.1) is 46.1 Å². The number of hydrogen-bond acceptors (Lipinski definition) is 5. The Morgan fingerprint density at radius 1 is 0.833 bits per heavy atom. The summed E-state index contributed by atoms with van der Waals surface area (Å²) in [6, 6.07) is 24.7. The molecule has 168 valence electrons. The number of fused-ring (bicyclic) bond motifs is 1. The summed E-state index contributed by atoms with van der Waals surface area (Å²) >= 11 is 1.55. The van der Waals surface area contributed by atoms with E-state index in [0.29, 0.717) is 23.0 Å². The van der Waals surface area contributed by atoms with Gasteiger partial charge in [-0.3, -0.25) is 0 Å². The average Bonchev–Trinajstić information content (AvgIpc) is 3.69. The van der Waals surface area contributed by atoms with Crippen LogP contribution in [0.1, 0.15) is 11.5 Å². The summed E-state index contributed by atoms with van der Waals surface area (Å²) in [5.74, 6) is 2.11. The van der Waals surface area contributed by atoms with Crippen molar-refractivity contribution >= 4 is 33.7 Å². The molecule has 0 amide bonds. The van der Waals surface area contributed by atoms with E-state index in [-0.39, 0.29) is 11.4 Å². The first-order chi connectivity index (χ1) is 17.6.